The Morgan fingerprint density at radius 1 is 1.19 bits per heavy atom. The molecule has 1 saturated heterocycles. The highest BCUT2D eigenvalue weighted by molar-refractivity contribution is 5.98. The van der Waals surface area contributed by atoms with E-state index in [4.69, 9.17) is 4.74 Å². The van der Waals surface area contributed by atoms with Crippen molar-refractivity contribution < 1.29 is 14.3 Å². The van der Waals surface area contributed by atoms with Gasteiger partial charge in [-0.05, 0) is 30.5 Å². The first kappa shape index (κ1) is 16.4. The van der Waals surface area contributed by atoms with Crippen molar-refractivity contribution in [3.63, 3.8) is 0 Å². The maximum absolute atomic E-state index is 13.0. The third-order valence-corrected chi connectivity index (χ3v) is 5.82. The average molecular weight is 366 g/mol. The van der Waals surface area contributed by atoms with Gasteiger partial charge >= 0.3 is 0 Å². The van der Waals surface area contributed by atoms with Crippen LogP contribution in [-0.2, 0) is 11.8 Å². The maximum Gasteiger partial charge on any atom is 0.257 e. The molecule has 2 aromatic rings. The van der Waals surface area contributed by atoms with Crippen molar-refractivity contribution in [1.82, 2.24) is 19.6 Å². The Bertz CT molecular complexity index is 933. The number of ether oxygens (including phenoxy) is 1. The maximum atomic E-state index is 13.0. The van der Waals surface area contributed by atoms with E-state index in [0.29, 0.717) is 24.4 Å². The summed E-state index contributed by atoms with van der Waals surface area (Å²) in [4.78, 5) is 29.1. The normalized spacial score (nSPS) is 24.3. The number of likely N-dealkylation sites (tertiary alicyclic amines) is 1. The highest BCUT2D eigenvalue weighted by Crippen LogP contribution is 2.36. The van der Waals surface area contributed by atoms with Crippen LogP contribution >= 0.6 is 0 Å². The number of nitrogens with zero attached hydrogens (tertiary/aromatic N) is 4. The van der Waals surface area contributed by atoms with Gasteiger partial charge in [-0.2, -0.15) is 5.10 Å². The second kappa shape index (κ2) is 5.84. The summed E-state index contributed by atoms with van der Waals surface area (Å²) >= 11 is 0. The molecule has 0 radical (unpaired) electrons. The smallest absolute Gasteiger partial charge is 0.257 e. The molecule has 2 atom stereocenters. The van der Waals surface area contributed by atoms with Gasteiger partial charge in [-0.15, -0.1) is 0 Å². The lowest BCUT2D eigenvalue weighted by Crippen LogP contribution is -2.44. The van der Waals surface area contributed by atoms with E-state index >= 15 is 0 Å². The van der Waals surface area contributed by atoms with Crippen molar-refractivity contribution in [2.45, 2.75) is 25.0 Å². The van der Waals surface area contributed by atoms with E-state index in [9.17, 15) is 9.59 Å². The Hall–Kier alpha value is -2.83. The van der Waals surface area contributed by atoms with Crippen molar-refractivity contribution in [3.8, 4) is 16.9 Å². The van der Waals surface area contributed by atoms with Crippen LogP contribution in [0.3, 0.4) is 0 Å². The average Bonchev–Trinajstić information content (AvgIpc) is 3.31. The van der Waals surface area contributed by atoms with Crippen LogP contribution in [0.5, 0.6) is 5.75 Å². The van der Waals surface area contributed by atoms with Gasteiger partial charge in [0.2, 0.25) is 5.91 Å². The predicted molar refractivity (Wildman–Crippen MR) is 98.2 cm³/mol. The van der Waals surface area contributed by atoms with Gasteiger partial charge in [0, 0.05) is 38.3 Å². The summed E-state index contributed by atoms with van der Waals surface area (Å²) in [6.07, 6.45) is 5.49. The fraction of sp³-hybridized carbons (Fsp3) is 0.450. The molecule has 2 unspecified atom stereocenters. The standard InChI is InChI=1S/C20H22N4O3/c1-22-9-14(8-21-22)13-5-6-15-17(7-13)27-18-11-24(19(25)12-3-4-12)10-16(18)23(2)20(15)26/h5-9,12,16,18H,3-4,10-11H2,1-2H3. The van der Waals surface area contributed by atoms with Gasteiger partial charge < -0.3 is 14.5 Å². The molecule has 0 bridgehead atoms. The van der Waals surface area contributed by atoms with Crippen LogP contribution in [-0.4, -0.2) is 63.7 Å². The summed E-state index contributed by atoms with van der Waals surface area (Å²) in [5.74, 6) is 0.909. The molecular formula is C20H22N4O3. The number of aryl methyl sites for hydroxylation is 1. The molecule has 2 aliphatic heterocycles. The lowest BCUT2D eigenvalue weighted by molar-refractivity contribution is -0.131. The van der Waals surface area contributed by atoms with Gasteiger partial charge in [0.05, 0.1) is 24.3 Å². The molecular weight excluding hydrogens is 344 g/mol. The number of hydrogen-bond donors (Lipinski definition) is 0. The van der Waals surface area contributed by atoms with Gasteiger partial charge in [-0.25, -0.2) is 0 Å². The molecule has 7 heteroatoms. The minimum atomic E-state index is -0.202. The minimum absolute atomic E-state index is 0.0593. The second-order valence-corrected chi connectivity index (χ2v) is 7.77. The highest BCUT2D eigenvalue weighted by Gasteiger charge is 2.46. The molecule has 1 aromatic heterocycles. The monoisotopic (exact) mass is 366 g/mol. The number of rotatable bonds is 2. The molecule has 3 heterocycles. The fourth-order valence-corrected chi connectivity index (χ4v) is 4.06. The number of amides is 2. The topological polar surface area (TPSA) is 67.7 Å². The fourth-order valence-electron chi connectivity index (χ4n) is 4.06. The van der Waals surface area contributed by atoms with Crippen molar-refractivity contribution in [2.24, 2.45) is 13.0 Å². The van der Waals surface area contributed by atoms with Gasteiger partial charge in [-0.1, -0.05) is 6.07 Å². The molecule has 1 aromatic carbocycles. The third kappa shape index (κ3) is 2.69. The number of benzene rings is 1. The first-order chi connectivity index (χ1) is 13.0. The van der Waals surface area contributed by atoms with Crippen LogP contribution in [0.1, 0.15) is 23.2 Å². The lowest BCUT2D eigenvalue weighted by atomic mass is 10.1. The molecule has 1 saturated carbocycles. The Labute approximate surface area is 157 Å². The number of aromatic nitrogens is 2. The van der Waals surface area contributed by atoms with E-state index in [-0.39, 0.29) is 29.9 Å². The quantitative estimate of drug-likeness (QED) is 0.809. The number of carbonyl (C=O) groups excluding carboxylic acids is 2. The van der Waals surface area contributed by atoms with Crippen LogP contribution in [0, 0.1) is 5.92 Å². The Balaban J connectivity index is 1.47. The van der Waals surface area contributed by atoms with Gasteiger partial charge in [0.1, 0.15) is 11.9 Å². The summed E-state index contributed by atoms with van der Waals surface area (Å²) < 4.78 is 8.03. The zero-order valence-electron chi connectivity index (χ0n) is 15.5. The van der Waals surface area contributed by atoms with Crippen molar-refractivity contribution in [1.29, 1.82) is 0 Å². The number of hydrogen-bond acceptors (Lipinski definition) is 4. The number of carbonyl (C=O) groups is 2. The second-order valence-electron chi connectivity index (χ2n) is 7.77. The molecule has 3 aliphatic rings. The van der Waals surface area contributed by atoms with Crippen LogP contribution in [0.25, 0.3) is 11.1 Å². The van der Waals surface area contributed by atoms with E-state index in [1.807, 2.05) is 36.3 Å². The summed E-state index contributed by atoms with van der Waals surface area (Å²) in [7, 11) is 3.68. The molecule has 2 amide bonds. The van der Waals surface area contributed by atoms with Crippen LogP contribution in [0.15, 0.2) is 30.6 Å². The number of fused-ring (bicyclic) bond motifs is 2. The van der Waals surface area contributed by atoms with E-state index in [1.54, 1.807) is 22.8 Å². The summed E-state index contributed by atoms with van der Waals surface area (Å²) in [6, 6.07) is 5.54. The third-order valence-electron chi connectivity index (χ3n) is 5.82. The van der Waals surface area contributed by atoms with E-state index < -0.39 is 0 Å². The van der Waals surface area contributed by atoms with Gasteiger partial charge in [-0.3, -0.25) is 14.3 Å². The SMILES string of the molecule is CN1C(=O)c2ccc(-c3cnn(C)c3)cc2OC2CN(C(=O)C3CC3)CC21. The Morgan fingerprint density at radius 2 is 2.00 bits per heavy atom. The van der Waals surface area contributed by atoms with Gasteiger partial charge in [0.15, 0.2) is 0 Å². The summed E-state index contributed by atoms with van der Waals surface area (Å²) in [5, 5.41) is 4.21. The molecule has 27 heavy (non-hydrogen) atoms. The van der Waals surface area contributed by atoms with E-state index in [0.717, 1.165) is 24.0 Å². The molecule has 7 nitrogen and oxygen atoms in total. The first-order valence-electron chi connectivity index (χ1n) is 9.37. The van der Waals surface area contributed by atoms with Crippen LogP contribution in [0.2, 0.25) is 0 Å². The molecule has 1 aliphatic carbocycles. The van der Waals surface area contributed by atoms with Crippen LogP contribution < -0.4 is 4.74 Å². The van der Waals surface area contributed by atoms with Crippen molar-refractivity contribution in [3.05, 3.63) is 36.2 Å². The number of likely N-dealkylation sites (N-methyl/N-ethyl adjacent to an activating group) is 1. The van der Waals surface area contributed by atoms with E-state index in [2.05, 4.69) is 5.10 Å². The summed E-state index contributed by atoms with van der Waals surface area (Å²) in [5.41, 5.74) is 2.50. The minimum Gasteiger partial charge on any atom is -0.485 e. The highest BCUT2D eigenvalue weighted by atomic mass is 16.5. The molecule has 140 valence electrons. The van der Waals surface area contributed by atoms with Crippen molar-refractivity contribution in [2.75, 3.05) is 20.1 Å². The molecule has 5 rings (SSSR count). The lowest BCUT2D eigenvalue weighted by Gasteiger charge is -2.25. The summed E-state index contributed by atoms with van der Waals surface area (Å²) in [6.45, 7) is 1.08. The largest absolute Gasteiger partial charge is 0.485 e. The van der Waals surface area contributed by atoms with Gasteiger partial charge in [0.25, 0.3) is 5.91 Å². The Kier molecular flexibility index (Phi) is 3.54. The first-order valence-corrected chi connectivity index (χ1v) is 9.37. The van der Waals surface area contributed by atoms with Crippen molar-refractivity contribution >= 4 is 11.8 Å². The Morgan fingerprint density at radius 3 is 2.70 bits per heavy atom. The zero-order chi connectivity index (χ0) is 18.7. The van der Waals surface area contributed by atoms with Crippen LogP contribution in [0.4, 0.5) is 0 Å². The molecule has 2 fully saturated rings. The molecule has 0 N–H and O–H groups in total. The molecule has 0 spiro atoms. The predicted octanol–water partition coefficient (Wildman–Crippen LogP) is 1.54. The zero-order valence-corrected chi connectivity index (χ0v) is 15.5. The van der Waals surface area contributed by atoms with E-state index in [1.165, 1.54) is 0 Å².